The van der Waals surface area contributed by atoms with E-state index < -0.39 is 0 Å². The highest BCUT2D eigenvalue weighted by Gasteiger charge is 2.17. The van der Waals surface area contributed by atoms with Gasteiger partial charge >= 0.3 is 0 Å². The minimum atomic E-state index is -0.295. The van der Waals surface area contributed by atoms with Gasteiger partial charge in [-0.3, -0.25) is 9.36 Å². The largest absolute Gasteiger partial charge is 0.497 e. The molecular weight excluding hydrogens is 541 g/mol. The summed E-state index contributed by atoms with van der Waals surface area (Å²) >= 11 is 19.4. The fourth-order valence-electron chi connectivity index (χ4n) is 3.21. The topological polar surface area (TPSA) is 81.4 Å². The second-order valence-corrected chi connectivity index (χ2v) is 9.69. The van der Waals surface area contributed by atoms with Crippen LogP contribution >= 0.6 is 46.6 Å². The van der Waals surface area contributed by atoms with Crippen molar-refractivity contribution >= 4 is 58.2 Å². The quantitative estimate of drug-likeness (QED) is 0.150. The number of thioether (sulfide) groups is 1. The zero-order valence-corrected chi connectivity index (χ0v) is 22.3. The highest BCUT2D eigenvalue weighted by molar-refractivity contribution is 7.99. The number of ether oxygens (including phenoxy) is 1. The maximum atomic E-state index is 12.5. The Morgan fingerprint density at radius 2 is 1.72 bits per heavy atom. The van der Waals surface area contributed by atoms with Crippen LogP contribution in [0.2, 0.25) is 15.1 Å². The van der Waals surface area contributed by atoms with E-state index in [-0.39, 0.29) is 11.7 Å². The van der Waals surface area contributed by atoms with Crippen molar-refractivity contribution in [2.75, 3.05) is 12.9 Å². The van der Waals surface area contributed by atoms with Crippen LogP contribution in [0.5, 0.6) is 5.75 Å². The molecule has 7 nitrogen and oxygen atoms in total. The van der Waals surface area contributed by atoms with E-state index in [1.54, 1.807) is 44.4 Å². The van der Waals surface area contributed by atoms with Crippen molar-refractivity contribution in [3.05, 3.63) is 87.4 Å². The van der Waals surface area contributed by atoms with E-state index in [9.17, 15) is 4.79 Å². The Labute approximate surface area is 227 Å². The van der Waals surface area contributed by atoms with Crippen molar-refractivity contribution in [3.8, 4) is 22.8 Å². The molecule has 36 heavy (non-hydrogen) atoms. The minimum absolute atomic E-state index is 0.0759. The van der Waals surface area contributed by atoms with Crippen LogP contribution in [0.3, 0.4) is 0 Å². The lowest BCUT2D eigenvalue weighted by Gasteiger charge is -2.11. The number of rotatable bonds is 8. The summed E-state index contributed by atoms with van der Waals surface area (Å²) < 4.78 is 7.13. The van der Waals surface area contributed by atoms with E-state index in [0.29, 0.717) is 31.8 Å². The maximum Gasteiger partial charge on any atom is 0.250 e. The molecule has 1 aromatic heterocycles. The number of nitrogens with zero attached hydrogens (tertiary/aromatic N) is 4. The van der Waals surface area contributed by atoms with Crippen LogP contribution in [-0.2, 0) is 4.79 Å². The molecule has 4 rings (SSSR count). The van der Waals surface area contributed by atoms with Crippen molar-refractivity contribution in [2.45, 2.75) is 12.1 Å². The molecule has 0 saturated heterocycles. The van der Waals surface area contributed by atoms with Gasteiger partial charge in [-0.05, 0) is 73.2 Å². The fourth-order valence-corrected chi connectivity index (χ4v) is 4.38. The summed E-state index contributed by atoms with van der Waals surface area (Å²) in [7, 11) is 1.61. The summed E-state index contributed by atoms with van der Waals surface area (Å²) in [5.41, 5.74) is 5.57. The number of nitrogens with one attached hydrogen (secondary N) is 1. The molecule has 0 radical (unpaired) electrons. The Morgan fingerprint density at radius 3 is 2.39 bits per heavy atom. The van der Waals surface area contributed by atoms with Crippen LogP contribution in [0.25, 0.3) is 17.1 Å². The molecule has 3 aromatic carbocycles. The van der Waals surface area contributed by atoms with E-state index in [1.165, 1.54) is 11.8 Å². The van der Waals surface area contributed by atoms with Gasteiger partial charge in [0.15, 0.2) is 11.0 Å². The first-order valence-corrected chi connectivity index (χ1v) is 12.7. The Morgan fingerprint density at radius 1 is 1.00 bits per heavy atom. The molecule has 1 N–H and O–H groups in total. The van der Waals surface area contributed by atoms with E-state index in [1.807, 2.05) is 41.0 Å². The number of carbonyl (C=O) groups is 1. The Bertz CT molecular complexity index is 1410. The smallest absolute Gasteiger partial charge is 0.250 e. The lowest BCUT2D eigenvalue weighted by Crippen LogP contribution is -2.21. The molecule has 11 heteroatoms. The Hall–Kier alpha value is -3.04. The normalized spacial score (nSPS) is 11.4. The lowest BCUT2D eigenvalue weighted by molar-refractivity contribution is -0.118. The molecule has 0 atom stereocenters. The predicted octanol–water partition coefficient (Wildman–Crippen LogP) is 6.54. The molecule has 184 valence electrons. The van der Waals surface area contributed by atoms with Crippen molar-refractivity contribution in [1.82, 2.24) is 20.2 Å². The van der Waals surface area contributed by atoms with Crippen LogP contribution in [0.15, 0.2) is 77.0 Å². The minimum Gasteiger partial charge on any atom is -0.497 e. The van der Waals surface area contributed by atoms with Gasteiger partial charge in [0, 0.05) is 16.3 Å². The summed E-state index contributed by atoms with van der Waals surface area (Å²) in [5, 5.41) is 14.9. The van der Waals surface area contributed by atoms with Crippen molar-refractivity contribution in [2.24, 2.45) is 5.10 Å². The molecule has 0 bridgehead atoms. The summed E-state index contributed by atoms with van der Waals surface area (Å²) in [6, 6.07) is 20.0. The van der Waals surface area contributed by atoms with Gasteiger partial charge in [0.25, 0.3) is 5.91 Å². The predicted molar refractivity (Wildman–Crippen MR) is 146 cm³/mol. The van der Waals surface area contributed by atoms with Gasteiger partial charge in [-0.1, -0.05) is 52.6 Å². The molecule has 0 aliphatic carbocycles. The standard InChI is InChI=1S/C25H20Cl3N5O2S/c1-15(17-5-12-21(27)22(28)13-17)29-30-23(34)14-36-25-32-31-24(16-3-10-20(35-2)11-4-16)33(25)19-8-6-18(26)7-9-19/h3-13H,14H2,1-2H3,(H,30,34)/b29-15+. The van der Waals surface area contributed by atoms with Gasteiger partial charge in [-0.2, -0.15) is 5.10 Å². The van der Waals surface area contributed by atoms with Gasteiger partial charge in [0.2, 0.25) is 0 Å². The molecule has 0 saturated carbocycles. The molecular formula is C25H20Cl3N5O2S. The van der Waals surface area contributed by atoms with Gasteiger partial charge in [0.1, 0.15) is 5.75 Å². The molecule has 0 spiro atoms. The third-order valence-corrected chi connectivity index (χ3v) is 7.00. The van der Waals surface area contributed by atoms with E-state index in [0.717, 1.165) is 22.6 Å². The third-order valence-electron chi connectivity index (χ3n) is 5.08. The van der Waals surface area contributed by atoms with E-state index in [2.05, 4.69) is 20.7 Å². The van der Waals surface area contributed by atoms with Gasteiger partial charge in [-0.25, -0.2) is 5.43 Å². The molecule has 0 aliphatic rings. The fraction of sp³-hybridized carbons (Fsp3) is 0.120. The zero-order valence-electron chi connectivity index (χ0n) is 19.2. The Balaban J connectivity index is 1.53. The number of hydrogen-bond donors (Lipinski definition) is 1. The number of carbonyl (C=O) groups excluding carboxylic acids is 1. The molecule has 4 aromatic rings. The van der Waals surface area contributed by atoms with Crippen LogP contribution in [0, 0.1) is 0 Å². The first-order valence-electron chi connectivity index (χ1n) is 10.6. The Kier molecular flexibility index (Phi) is 8.53. The zero-order chi connectivity index (χ0) is 25.7. The van der Waals surface area contributed by atoms with Crippen molar-refractivity contribution in [1.29, 1.82) is 0 Å². The maximum absolute atomic E-state index is 12.5. The summed E-state index contributed by atoms with van der Waals surface area (Å²) in [5.74, 6) is 1.14. The highest BCUT2D eigenvalue weighted by atomic mass is 35.5. The van der Waals surface area contributed by atoms with Crippen LogP contribution in [-0.4, -0.2) is 39.2 Å². The number of hydrazone groups is 1. The second kappa shape index (κ2) is 11.8. The monoisotopic (exact) mass is 559 g/mol. The lowest BCUT2D eigenvalue weighted by atomic mass is 10.1. The average Bonchev–Trinajstić information content (AvgIpc) is 3.32. The summed E-state index contributed by atoms with van der Waals surface area (Å²) in [4.78, 5) is 12.5. The molecule has 0 fully saturated rings. The van der Waals surface area contributed by atoms with E-state index in [4.69, 9.17) is 39.5 Å². The highest BCUT2D eigenvalue weighted by Crippen LogP contribution is 2.29. The van der Waals surface area contributed by atoms with Crippen LogP contribution in [0.1, 0.15) is 12.5 Å². The molecule has 1 heterocycles. The number of halogens is 3. The summed E-state index contributed by atoms with van der Waals surface area (Å²) in [6.07, 6.45) is 0. The third kappa shape index (κ3) is 6.20. The first kappa shape index (κ1) is 26.0. The second-order valence-electron chi connectivity index (χ2n) is 7.50. The number of benzene rings is 3. The number of aromatic nitrogens is 3. The average molecular weight is 561 g/mol. The SMILES string of the molecule is COc1ccc(-c2nnc(SCC(=O)N/N=C(\C)c3ccc(Cl)c(Cl)c3)n2-c2ccc(Cl)cc2)cc1. The first-order chi connectivity index (χ1) is 17.4. The number of hydrogen-bond acceptors (Lipinski definition) is 6. The molecule has 1 amide bonds. The molecule has 0 aliphatic heterocycles. The van der Waals surface area contributed by atoms with Gasteiger partial charge < -0.3 is 4.74 Å². The number of methoxy groups -OCH3 is 1. The summed E-state index contributed by atoms with van der Waals surface area (Å²) in [6.45, 7) is 1.77. The van der Waals surface area contributed by atoms with E-state index >= 15 is 0 Å². The van der Waals surface area contributed by atoms with Crippen LogP contribution < -0.4 is 10.2 Å². The van der Waals surface area contributed by atoms with Crippen molar-refractivity contribution in [3.63, 3.8) is 0 Å². The van der Waals surface area contributed by atoms with Crippen LogP contribution in [0.4, 0.5) is 0 Å². The molecule has 0 unspecified atom stereocenters. The van der Waals surface area contributed by atoms with Gasteiger partial charge in [0.05, 0.1) is 28.6 Å². The number of amides is 1. The van der Waals surface area contributed by atoms with Crippen molar-refractivity contribution < 1.29 is 9.53 Å². The van der Waals surface area contributed by atoms with Gasteiger partial charge in [-0.15, -0.1) is 10.2 Å².